The van der Waals surface area contributed by atoms with Crippen LogP contribution in [0.1, 0.15) is 32.9 Å². The summed E-state index contributed by atoms with van der Waals surface area (Å²) >= 11 is 0. The summed E-state index contributed by atoms with van der Waals surface area (Å²) in [5.74, 6) is -2.25. The van der Waals surface area contributed by atoms with Crippen LogP contribution in [-0.4, -0.2) is 41.7 Å². The minimum atomic E-state index is -1.08. The number of hydrogen-bond acceptors (Lipinski definition) is 6. The van der Waals surface area contributed by atoms with E-state index in [1.54, 1.807) is 12.1 Å². The normalized spacial score (nSPS) is 15.6. The van der Waals surface area contributed by atoms with Gasteiger partial charge < -0.3 is 14.1 Å². The molecule has 1 saturated heterocycles. The lowest BCUT2D eigenvalue weighted by molar-refractivity contribution is -0.122. The van der Waals surface area contributed by atoms with Gasteiger partial charge in [0.05, 0.1) is 37.6 Å². The van der Waals surface area contributed by atoms with E-state index in [0.29, 0.717) is 5.76 Å². The quantitative estimate of drug-likeness (QED) is 0.423. The molecule has 0 radical (unpaired) electrons. The third-order valence-corrected chi connectivity index (χ3v) is 5.30. The largest absolute Gasteiger partial charge is 0.467 e. The van der Waals surface area contributed by atoms with Crippen molar-refractivity contribution < 1.29 is 32.7 Å². The van der Waals surface area contributed by atoms with E-state index in [1.807, 2.05) is 0 Å². The highest BCUT2D eigenvalue weighted by Crippen LogP contribution is 2.28. The molecule has 3 aromatic rings. The summed E-state index contributed by atoms with van der Waals surface area (Å²) in [5.41, 5.74) is 0.708. The van der Waals surface area contributed by atoms with Gasteiger partial charge in [0.1, 0.15) is 17.6 Å². The number of amides is 3. The Hall–Kier alpha value is -4.27. The predicted molar refractivity (Wildman–Crippen MR) is 114 cm³/mol. The standard InChI is InChI=1S/C24H19FN2O6/c1-32-24(31)16-6-10-18(11-7-16)27-21(28)13-20(23(27)30)26(14-19-3-2-12-33-19)22(29)15-4-8-17(25)9-5-15/h2-12,20H,13-14H2,1H3. The second-order valence-electron chi connectivity index (χ2n) is 7.35. The number of esters is 1. The van der Waals surface area contributed by atoms with Crippen molar-refractivity contribution in [3.05, 3.63) is 89.6 Å². The van der Waals surface area contributed by atoms with E-state index in [1.165, 1.54) is 54.7 Å². The molecule has 1 aliphatic rings. The molecule has 168 valence electrons. The first kappa shape index (κ1) is 21.9. The number of benzene rings is 2. The molecule has 1 aliphatic heterocycles. The lowest BCUT2D eigenvalue weighted by Crippen LogP contribution is -2.45. The molecular weight excluding hydrogens is 431 g/mol. The van der Waals surface area contributed by atoms with Crippen LogP contribution in [0.5, 0.6) is 0 Å². The zero-order chi connectivity index (χ0) is 23.5. The zero-order valence-electron chi connectivity index (χ0n) is 17.6. The number of methoxy groups -OCH3 is 1. The van der Waals surface area contributed by atoms with E-state index < -0.39 is 35.5 Å². The molecule has 2 heterocycles. The fourth-order valence-corrected chi connectivity index (χ4v) is 3.65. The first-order chi connectivity index (χ1) is 15.9. The second-order valence-corrected chi connectivity index (χ2v) is 7.35. The molecule has 1 aromatic heterocycles. The number of furan rings is 1. The maximum absolute atomic E-state index is 13.3. The summed E-state index contributed by atoms with van der Waals surface area (Å²) in [6, 6.07) is 13.0. The van der Waals surface area contributed by atoms with Crippen LogP contribution in [0.3, 0.4) is 0 Å². The van der Waals surface area contributed by atoms with Crippen LogP contribution in [0.4, 0.5) is 10.1 Å². The van der Waals surface area contributed by atoms with Crippen LogP contribution < -0.4 is 4.90 Å². The van der Waals surface area contributed by atoms with Crippen LogP contribution in [0.25, 0.3) is 0 Å². The minimum absolute atomic E-state index is 0.0536. The topological polar surface area (TPSA) is 97.1 Å². The predicted octanol–water partition coefficient (Wildman–Crippen LogP) is 3.18. The third kappa shape index (κ3) is 4.38. The lowest BCUT2D eigenvalue weighted by Gasteiger charge is -2.27. The van der Waals surface area contributed by atoms with Crippen LogP contribution in [0, 0.1) is 5.82 Å². The van der Waals surface area contributed by atoms with Crippen molar-refractivity contribution >= 4 is 29.4 Å². The molecule has 0 spiro atoms. The van der Waals surface area contributed by atoms with Gasteiger partial charge in [-0.3, -0.25) is 14.4 Å². The van der Waals surface area contributed by atoms with Gasteiger partial charge >= 0.3 is 5.97 Å². The Balaban J connectivity index is 1.64. The van der Waals surface area contributed by atoms with Gasteiger partial charge in [-0.25, -0.2) is 14.1 Å². The van der Waals surface area contributed by atoms with Gasteiger partial charge in [-0.2, -0.15) is 0 Å². The fourth-order valence-electron chi connectivity index (χ4n) is 3.65. The number of ether oxygens (including phenoxy) is 1. The molecule has 0 aliphatic carbocycles. The Bertz CT molecular complexity index is 1190. The Morgan fingerprint density at radius 2 is 1.73 bits per heavy atom. The van der Waals surface area contributed by atoms with E-state index in [9.17, 15) is 23.6 Å². The Labute approximate surface area is 188 Å². The lowest BCUT2D eigenvalue weighted by atomic mass is 10.1. The number of anilines is 1. The number of carbonyl (C=O) groups is 4. The van der Waals surface area contributed by atoms with Crippen molar-refractivity contribution in [1.29, 1.82) is 0 Å². The second kappa shape index (κ2) is 9.07. The molecule has 0 N–H and O–H groups in total. The number of rotatable bonds is 6. The molecule has 3 amide bonds. The monoisotopic (exact) mass is 450 g/mol. The summed E-state index contributed by atoms with van der Waals surface area (Å²) in [7, 11) is 1.25. The van der Waals surface area contributed by atoms with Crippen molar-refractivity contribution in [2.24, 2.45) is 0 Å². The number of imide groups is 1. The fraction of sp³-hybridized carbons (Fsp3) is 0.167. The van der Waals surface area contributed by atoms with Gasteiger partial charge in [0.25, 0.3) is 11.8 Å². The van der Waals surface area contributed by atoms with Crippen LogP contribution >= 0.6 is 0 Å². The summed E-state index contributed by atoms with van der Waals surface area (Å²) in [4.78, 5) is 53.2. The molecule has 1 atom stereocenters. The number of nitrogens with zero attached hydrogens (tertiary/aromatic N) is 2. The molecule has 1 unspecified atom stereocenters. The summed E-state index contributed by atoms with van der Waals surface area (Å²) in [6.45, 7) is -0.0536. The van der Waals surface area contributed by atoms with Crippen molar-refractivity contribution in [1.82, 2.24) is 4.90 Å². The molecular formula is C24H19FN2O6. The van der Waals surface area contributed by atoms with Crippen molar-refractivity contribution in [2.45, 2.75) is 19.0 Å². The molecule has 0 saturated carbocycles. The maximum Gasteiger partial charge on any atom is 0.337 e. The molecule has 8 nitrogen and oxygen atoms in total. The summed E-state index contributed by atoms with van der Waals surface area (Å²) in [5, 5.41) is 0. The average molecular weight is 450 g/mol. The van der Waals surface area contributed by atoms with E-state index in [-0.39, 0.29) is 29.8 Å². The van der Waals surface area contributed by atoms with Crippen molar-refractivity contribution in [3.8, 4) is 0 Å². The number of hydrogen-bond donors (Lipinski definition) is 0. The van der Waals surface area contributed by atoms with Gasteiger partial charge in [0, 0.05) is 5.56 Å². The van der Waals surface area contributed by atoms with Gasteiger partial charge in [-0.1, -0.05) is 0 Å². The highest BCUT2D eigenvalue weighted by Gasteiger charge is 2.44. The van der Waals surface area contributed by atoms with Crippen LogP contribution in [-0.2, 0) is 20.9 Å². The SMILES string of the molecule is COC(=O)c1ccc(N2C(=O)CC(N(Cc3ccco3)C(=O)c3ccc(F)cc3)C2=O)cc1. The minimum Gasteiger partial charge on any atom is -0.467 e. The van der Waals surface area contributed by atoms with Crippen molar-refractivity contribution in [2.75, 3.05) is 12.0 Å². The van der Waals surface area contributed by atoms with Crippen LogP contribution in [0.2, 0.25) is 0 Å². The first-order valence-electron chi connectivity index (χ1n) is 10.0. The summed E-state index contributed by atoms with van der Waals surface area (Å²) < 4.78 is 23.3. The summed E-state index contributed by atoms with van der Waals surface area (Å²) in [6.07, 6.45) is 1.21. The Morgan fingerprint density at radius 1 is 1.06 bits per heavy atom. The molecule has 9 heteroatoms. The molecule has 0 bridgehead atoms. The molecule has 4 rings (SSSR count). The van der Waals surface area contributed by atoms with Gasteiger partial charge in [0.2, 0.25) is 5.91 Å². The molecule has 33 heavy (non-hydrogen) atoms. The molecule has 2 aromatic carbocycles. The average Bonchev–Trinajstić information content (AvgIpc) is 3.44. The number of carbonyl (C=O) groups excluding carboxylic acids is 4. The van der Waals surface area contributed by atoms with E-state index in [2.05, 4.69) is 4.74 Å². The smallest absolute Gasteiger partial charge is 0.337 e. The van der Waals surface area contributed by atoms with Gasteiger partial charge in [-0.15, -0.1) is 0 Å². The zero-order valence-corrected chi connectivity index (χ0v) is 17.6. The highest BCUT2D eigenvalue weighted by atomic mass is 19.1. The van der Waals surface area contributed by atoms with Crippen molar-refractivity contribution in [3.63, 3.8) is 0 Å². The van der Waals surface area contributed by atoms with Crippen LogP contribution in [0.15, 0.2) is 71.3 Å². The number of halogens is 1. The van der Waals surface area contributed by atoms with E-state index >= 15 is 0 Å². The highest BCUT2D eigenvalue weighted by molar-refractivity contribution is 6.23. The third-order valence-electron chi connectivity index (χ3n) is 5.30. The molecule has 1 fully saturated rings. The van der Waals surface area contributed by atoms with E-state index in [4.69, 9.17) is 4.42 Å². The maximum atomic E-state index is 13.3. The Kier molecular flexibility index (Phi) is 6.03. The van der Waals surface area contributed by atoms with Gasteiger partial charge in [0.15, 0.2) is 0 Å². The Morgan fingerprint density at radius 3 is 2.33 bits per heavy atom. The van der Waals surface area contributed by atoms with E-state index in [0.717, 1.165) is 17.0 Å². The van der Waals surface area contributed by atoms with Gasteiger partial charge in [-0.05, 0) is 60.7 Å². The first-order valence-corrected chi connectivity index (χ1v) is 10.0.